The Balaban J connectivity index is 4.48. The van der Waals surface area contributed by atoms with E-state index in [4.69, 9.17) is 0 Å². The molecule has 0 aromatic carbocycles. The number of hydrogen-bond donors (Lipinski definition) is 3. The van der Waals surface area contributed by atoms with Crippen LogP contribution in [0.4, 0.5) is 0 Å². The maximum absolute atomic E-state index is 13.3. The lowest BCUT2D eigenvalue weighted by Gasteiger charge is -2.41. The molecule has 7 nitrogen and oxygen atoms in total. The van der Waals surface area contributed by atoms with Gasteiger partial charge in [0.1, 0.15) is 6.17 Å². The molecule has 1 unspecified atom stereocenters. The summed E-state index contributed by atoms with van der Waals surface area (Å²) in [6.07, 6.45) is 30.8. The lowest BCUT2D eigenvalue weighted by molar-refractivity contribution is -0.154. The predicted octanol–water partition coefficient (Wildman–Crippen LogP) is 9.30. The minimum atomic E-state index is -0.996. The van der Waals surface area contributed by atoms with Crippen LogP contribution in [0.3, 0.4) is 0 Å². The van der Waals surface area contributed by atoms with E-state index in [1.165, 1.54) is 138 Å². The van der Waals surface area contributed by atoms with Crippen molar-refractivity contribution in [3.8, 4) is 0 Å². The Labute approximate surface area is 285 Å². The number of carbonyl (C=O) groups is 2. The van der Waals surface area contributed by atoms with Crippen LogP contribution in [0.25, 0.3) is 0 Å². The van der Waals surface area contributed by atoms with Gasteiger partial charge in [0.05, 0.1) is 19.3 Å². The Kier molecular flexibility index (Phi) is 32.8. The number of hydrogen-bond acceptors (Lipinski definition) is 5. The first-order valence-corrected chi connectivity index (χ1v) is 19.9. The minimum Gasteiger partial charge on any atom is -0.395 e. The first-order chi connectivity index (χ1) is 22.4. The van der Waals surface area contributed by atoms with E-state index >= 15 is 0 Å². The van der Waals surface area contributed by atoms with Gasteiger partial charge in [-0.25, -0.2) is 0 Å². The van der Waals surface area contributed by atoms with Crippen LogP contribution < -0.4 is 0 Å². The Morgan fingerprint density at radius 2 is 0.696 bits per heavy atom. The van der Waals surface area contributed by atoms with Crippen LogP contribution in [0.5, 0.6) is 0 Å². The zero-order chi connectivity index (χ0) is 34.1. The molecule has 2 amide bonds. The molecule has 0 rings (SSSR count). The van der Waals surface area contributed by atoms with Gasteiger partial charge in [-0.1, -0.05) is 168 Å². The van der Waals surface area contributed by atoms with E-state index in [-0.39, 0.29) is 38.1 Å². The zero-order valence-corrected chi connectivity index (χ0v) is 30.8. The smallest absolute Gasteiger partial charge is 0.224 e. The van der Waals surface area contributed by atoms with Crippen molar-refractivity contribution < 1.29 is 24.9 Å². The molecule has 0 saturated heterocycles. The molecule has 0 fully saturated rings. The average Bonchev–Trinajstić information content (AvgIpc) is 3.04. The van der Waals surface area contributed by atoms with Gasteiger partial charge in [-0.05, 0) is 19.8 Å². The van der Waals surface area contributed by atoms with E-state index in [9.17, 15) is 24.9 Å². The summed E-state index contributed by atoms with van der Waals surface area (Å²) in [5, 5.41) is 30.2. The molecule has 0 spiro atoms. The summed E-state index contributed by atoms with van der Waals surface area (Å²) < 4.78 is 0. The number of carbonyl (C=O) groups excluding carboxylic acids is 2. The third-order valence-electron chi connectivity index (χ3n) is 9.38. The van der Waals surface area contributed by atoms with E-state index in [0.717, 1.165) is 38.5 Å². The average molecular weight is 655 g/mol. The van der Waals surface area contributed by atoms with E-state index in [1.54, 1.807) is 6.92 Å². The molecule has 7 heteroatoms. The maximum atomic E-state index is 13.3. The van der Waals surface area contributed by atoms with Crippen molar-refractivity contribution in [2.45, 2.75) is 213 Å². The van der Waals surface area contributed by atoms with Crippen molar-refractivity contribution in [3.05, 3.63) is 0 Å². The first kappa shape index (κ1) is 44.8. The fourth-order valence-corrected chi connectivity index (χ4v) is 6.59. The molecular formula is C39H78N2O5. The van der Waals surface area contributed by atoms with Crippen LogP contribution in [0.15, 0.2) is 0 Å². The highest BCUT2D eigenvalue weighted by Crippen LogP contribution is 2.19. The van der Waals surface area contributed by atoms with Crippen molar-refractivity contribution in [1.82, 2.24) is 9.80 Å². The molecule has 0 aromatic heterocycles. The Morgan fingerprint density at radius 1 is 0.457 bits per heavy atom. The van der Waals surface area contributed by atoms with Crippen LogP contribution in [0, 0.1) is 0 Å². The molecule has 0 radical (unpaired) electrons. The largest absolute Gasteiger partial charge is 0.395 e. The van der Waals surface area contributed by atoms with Gasteiger partial charge < -0.3 is 25.1 Å². The standard InChI is InChI=1S/C39H78N2O5/c1-4-6-8-10-12-14-16-18-20-22-24-26-28-30-37(45)40(32-34-42)39(36(3)44)41(33-35-43)38(46)31-29-27-25-23-21-19-17-15-13-11-9-7-5-2/h36,39,42-44H,4-35H2,1-3H3. The Bertz CT molecular complexity index is 623. The van der Waals surface area contributed by atoms with Crippen LogP contribution >= 0.6 is 0 Å². The summed E-state index contributed by atoms with van der Waals surface area (Å²) in [7, 11) is 0. The van der Waals surface area contributed by atoms with Gasteiger partial charge in [-0.15, -0.1) is 0 Å². The molecular weight excluding hydrogens is 576 g/mol. The van der Waals surface area contributed by atoms with E-state index in [2.05, 4.69) is 13.8 Å². The maximum Gasteiger partial charge on any atom is 0.224 e. The lowest BCUT2D eigenvalue weighted by atomic mass is 10.0. The molecule has 0 aliphatic rings. The molecule has 0 saturated carbocycles. The summed E-state index contributed by atoms with van der Waals surface area (Å²) in [4.78, 5) is 29.5. The number of aliphatic hydroxyl groups excluding tert-OH is 3. The van der Waals surface area contributed by atoms with Gasteiger partial charge >= 0.3 is 0 Å². The SMILES string of the molecule is CCCCCCCCCCCCCCCC(=O)N(CCO)C(C(C)O)N(CCO)C(=O)CCCCCCCCCCCCCCC. The normalized spacial score (nSPS) is 12.2. The second-order valence-corrected chi connectivity index (χ2v) is 13.8. The second-order valence-electron chi connectivity index (χ2n) is 13.8. The summed E-state index contributed by atoms with van der Waals surface area (Å²) >= 11 is 0. The zero-order valence-electron chi connectivity index (χ0n) is 30.8. The molecule has 0 aliphatic carbocycles. The molecule has 0 aliphatic heterocycles. The van der Waals surface area contributed by atoms with E-state index in [1.807, 2.05) is 0 Å². The van der Waals surface area contributed by atoms with Crippen molar-refractivity contribution >= 4 is 11.8 Å². The molecule has 46 heavy (non-hydrogen) atoms. The molecule has 0 heterocycles. The number of rotatable bonds is 35. The molecule has 1 atom stereocenters. The monoisotopic (exact) mass is 655 g/mol. The van der Waals surface area contributed by atoms with Gasteiger partial charge in [-0.3, -0.25) is 9.59 Å². The van der Waals surface area contributed by atoms with Gasteiger partial charge in [0.2, 0.25) is 11.8 Å². The van der Waals surface area contributed by atoms with Gasteiger partial charge in [0.25, 0.3) is 0 Å². The predicted molar refractivity (Wildman–Crippen MR) is 194 cm³/mol. The Morgan fingerprint density at radius 3 is 0.913 bits per heavy atom. The van der Waals surface area contributed by atoms with Gasteiger partial charge in [0, 0.05) is 25.9 Å². The molecule has 0 aromatic rings. The topological polar surface area (TPSA) is 101 Å². The van der Waals surface area contributed by atoms with Crippen LogP contribution in [0.2, 0.25) is 0 Å². The third kappa shape index (κ3) is 24.9. The first-order valence-electron chi connectivity index (χ1n) is 19.9. The number of aliphatic hydroxyl groups is 3. The number of unbranched alkanes of at least 4 members (excludes halogenated alkanes) is 24. The summed E-state index contributed by atoms with van der Waals surface area (Å²) in [6, 6.07) is 0. The highest BCUT2D eigenvalue weighted by Gasteiger charge is 2.34. The minimum absolute atomic E-state index is 0.0563. The molecule has 274 valence electrons. The molecule has 3 N–H and O–H groups in total. The van der Waals surface area contributed by atoms with Crippen molar-refractivity contribution in [3.63, 3.8) is 0 Å². The van der Waals surface area contributed by atoms with Crippen molar-refractivity contribution in [2.24, 2.45) is 0 Å². The van der Waals surface area contributed by atoms with Crippen LogP contribution in [-0.2, 0) is 9.59 Å². The third-order valence-corrected chi connectivity index (χ3v) is 9.38. The van der Waals surface area contributed by atoms with Crippen LogP contribution in [0.1, 0.15) is 201 Å². The van der Waals surface area contributed by atoms with Gasteiger partial charge in [-0.2, -0.15) is 0 Å². The highest BCUT2D eigenvalue weighted by atomic mass is 16.3. The summed E-state index contributed by atoms with van der Waals surface area (Å²) in [6.45, 7) is 5.72. The fraction of sp³-hybridized carbons (Fsp3) is 0.949. The molecule has 0 bridgehead atoms. The summed E-state index contributed by atoms with van der Waals surface area (Å²) in [5.74, 6) is -0.306. The number of nitrogens with zero attached hydrogens (tertiary/aromatic N) is 2. The second kappa shape index (κ2) is 33.7. The van der Waals surface area contributed by atoms with Crippen molar-refractivity contribution in [1.29, 1.82) is 0 Å². The van der Waals surface area contributed by atoms with E-state index in [0.29, 0.717) is 12.8 Å². The van der Waals surface area contributed by atoms with Crippen LogP contribution in [-0.4, -0.2) is 75.5 Å². The quantitative estimate of drug-likeness (QED) is 0.0467. The highest BCUT2D eigenvalue weighted by molar-refractivity contribution is 5.79. The lowest BCUT2D eigenvalue weighted by Crippen LogP contribution is -2.59. The fourth-order valence-electron chi connectivity index (χ4n) is 6.59. The Hall–Kier alpha value is -1.18. The van der Waals surface area contributed by atoms with Crippen molar-refractivity contribution in [2.75, 3.05) is 26.3 Å². The van der Waals surface area contributed by atoms with Gasteiger partial charge in [0.15, 0.2) is 0 Å². The van der Waals surface area contributed by atoms with E-state index < -0.39 is 12.3 Å². The summed E-state index contributed by atoms with van der Waals surface area (Å²) in [5.41, 5.74) is 0. The number of amides is 2.